The van der Waals surface area contributed by atoms with E-state index in [4.69, 9.17) is 0 Å². The van der Waals surface area contributed by atoms with Crippen molar-refractivity contribution in [1.82, 2.24) is 0 Å². The largest absolute Gasteiger partial charge is 0.381 e. The number of rotatable bonds is 4. The van der Waals surface area contributed by atoms with E-state index in [2.05, 4.69) is 35.8 Å². The van der Waals surface area contributed by atoms with Crippen molar-refractivity contribution in [3.63, 3.8) is 0 Å². The molecular formula is C19H30N2. The molecule has 0 bridgehead atoms. The van der Waals surface area contributed by atoms with Crippen LogP contribution in [0.5, 0.6) is 0 Å². The average molecular weight is 286 g/mol. The third-order valence-corrected chi connectivity index (χ3v) is 5.10. The van der Waals surface area contributed by atoms with Crippen molar-refractivity contribution >= 4 is 11.4 Å². The molecule has 2 N–H and O–H groups in total. The number of benzene rings is 1. The smallest absolute Gasteiger partial charge is 0.0580 e. The van der Waals surface area contributed by atoms with Crippen molar-refractivity contribution in [2.45, 2.75) is 83.2 Å². The molecule has 3 rings (SSSR count). The van der Waals surface area contributed by atoms with Crippen molar-refractivity contribution in [2.75, 3.05) is 10.6 Å². The van der Waals surface area contributed by atoms with E-state index < -0.39 is 0 Å². The molecule has 2 aliphatic carbocycles. The fraction of sp³-hybridized carbons (Fsp3) is 0.684. The molecule has 0 unspecified atom stereocenters. The predicted molar refractivity (Wildman–Crippen MR) is 92.2 cm³/mol. The van der Waals surface area contributed by atoms with E-state index in [0.29, 0.717) is 12.1 Å². The van der Waals surface area contributed by atoms with Gasteiger partial charge in [0.05, 0.1) is 11.4 Å². The van der Waals surface area contributed by atoms with E-state index in [1.54, 1.807) is 0 Å². The van der Waals surface area contributed by atoms with Crippen molar-refractivity contribution in [3.8, 4) is 0 Å². The van der Waals surface area contributed by atoms with Gasteiger partial charge < -0.3 is 10.6 Å². The van der Waals surface area contributed by atoms with Gasteiger partial charge in [0.25, 0.3) is 0 Å². The third-order valence-electron chi connectivity index (χ3n) is 5.10. The van der Waals surface area contributed by atoms with Crippen LogP contribution in [-0.4, -0.2) is 12.1 Å². The van der Waals surface area contributed by atoms with Gasteiger partial charge in [-0.05, 0) is 50.3 Å². The van der Waals surface area contributed by atoms with E-state index >= 15 is 0 Å². The van der Waals surface area contributed by atoms with E-state index in [-0.39, 0.29) is 0 Å². The Hall–Kier alpha value is -1.18. The molecule has 21 heavy (non-hydrogen) atoms. The molecule has 1 aromatic rings. The highest BCUT2D eigenvalue weighted by molar-refractivity contribution is 5.70. The normalized spacial score (nSPS) is 21.2. The summed E-state index contributed by atoms with van der Waals surface area (Å²) in [5.74, 6) is 0. The Balaban J connectivity index is 1.69. The average Bonchev–Trinajstić information content (AvgIpc) is 2.52. The fourth-order valence-electron chi connectivity index (χ4n) is 3.84. The molecule has 0 heterocycles. The highest BCUT2D eigenvalue weighted by Crippen LogP contribution is 2.30. The molecule has 0 aliphatic heterocycles. The van der Waals surface area contributed by atoms with Gasteiger partial charge in [-0.15, -0.1) is 0 Å². The first-order valence-corrected chi connectivity index (χ1v) is 8.95. The molecule has 0 aromatic heterocycles. The maximum absolute atomic E-state index is 3.82. The number of hydrogen-bond acceptors (Lipinski definition) is 2. The topological polar surface area (TPSA) is 24.1 Å². The minimum Gasteiger partial charge on any atom is -0.381 e. The lowest BCUT2D eigenvalue weighted by Gasteiger charge is -2.28. The number of hydrogen-bond donors (Lipinski definition) is 2. The first kappa shape index (κ1) is 14.7. The predicted octanol–water partition coefficient (Wildman–Crippen LogP) is 5.48. The van der Waals surface area contributed by atoms with E-state index in [0.717, 1.165) is 0 Å². The second kappa shape index (κ2) is 7.20. The molecule has 0 atom stereocenters. The van der Waals surface area contributed by atoms with Gasteiger partial charge in [-0.25, -0.2) is 0 Å². The summed E-state index contributed by atoms with van der Waals surface area (Å²) in [4.78, 5) is 0. The molecular weight excluding hydrogens is 256 g/mol. The van der Waals surface area contributed by atoms with Gasteiger partial charge in [-0.1, -0.05) is 44.6 Å². The van der Waals surface area contributed by atoms with Gasteiger partial charge in [0.15, 0.2) is 0 Å². The van der Waals surface area contributed by atoms with Gasteiger partial charge in [-0.2, -0.15) is 0 Å². The van der Waals surface area contributed by atoms with Crippen LogP contribution in [0.4, 0.5) is 11.4 Å². The summed E-state index contributed by atoms with van der Waals surface area (Å²) in [6.45, 7) is 2.19. The van der Waals surface area contributed by atoms with Gasteiger partial charge in [0, 0.05) is 12.1 Å². The van der Waals surface area contributed by atoms with Gasteiger partial charge in [0.1, 0.15) is 0 Å². The van der Waals surface area contributed by atoms with Crippen LogP contribution in [-0.2, 0) is 0 Å². The van der Waals surface area contributed by atoms with Gasteiger partial charge >= 0.3 is 0 Å². The van der Waals surface area contributed by atoms with Crippen LogP contribution in [0.25, 0.3) is 0 Å². The Morgan fingerprint density at radius 2 is 1.24 bits per heavy atom. The lowest BCUT2D eigenvalue weighted by Crippen LogP contribution is -2.25. The Kier molecular flexibility index (Phi) is 5.05. The molecule has 0 spiro atoms. The zero-order valence-electron chi connectivity index (χ0n) is 13.5. The molecule has 0 saturated heterocycles. The SMILES string of the molecule is Cc1ccc(NC2CCCCC2)c(NC2CCCCC2)c1. The molecule has 0 amide bonds. The maximum Gasteiger partial charge on any atom is 0.0580 e. The summed E-state index contributed by atoms with van der Waals surface area (Å²) < 4.78 is 0. The minimum atomic E-state index is 0.674. The van der Waals surface area contributed by atoms with Crippen LogP contribution >= 0.6 is 0 Å². The lowest BCUT2D eigenvalue weighted by atomic mass is 9.94. The molecule has 2 saturated carbocycles. The van der Waals surface area contributed by atoms with E-state index in [1.165, 1.54) is 81.1 Å². The van der Waals surface area contributed by atoms with Crippen LogP contribution < -0.4 is 10.6 Å². The summed E-state index contributed by atoms with van der Waals surface area (Å²) in [7, 11) is 0. The quantitative estimate of drug-likeness (QED) is 0.765. The summed E-state index contributed by atoms with van der Waals surface area (Å²) in [6.07, 6.45) is 13.7. The summed E-state index contributed by atoms with van der Waals surface area (Å²) >= 11 is 0. The monoisotopic (exact) mass is 286 g/mol. The molecule has 2 nitrogen and oxygen atoms in total. The lowest BCUT2D eigenvalue weighted by molar-refractivity contribution is 0.459. The molecule has 116 valence electrons. The fourth-order valence-corrected chi connectivity index (χ4v) is 3.84. The molecule has 2 aliphatic rings. The summed E-state index contributed by atoms with van der Waals surface area (Å²) in [5, 5.41) is 7.62. The van der Waals surface area contributed by atoms with Crippen molar-refractivity contribution in [2.24, 2.45) is 0 Å². The van der Waals surface area contributed by atoms with Gasteiger partial charge in [0.2, 0.25) is 0 Å². The van der Waals surface area contributed by atoms with Crippen molar-refractivity contribution < 1.29 is 0 Å². The Morgan fingerprint density at radius 3 is 1.81 bits per heavy atom. The second-order valence-electron chi connectivity index (χ2n) is 7.01. The maximum atomic E-state index is 3.82. The highest BCUT2D eigenvalue weighted by atomic mass is 15.0. The summed E-state index contributed by atoms with van der Waals surface area (Å²) in [5.41, 5.74) is 3.99. The van der Waals surface area contributed by atoms with Crippen LogP contribution in [0.2, 0.25) is 0 Å². The highest BCUT2D eigenvalue weighted by Gasteiger charge is 2.17. The minimum absolute atomic E-state index is 0.674. The zero-order valence-corrected chi connectivity index (χ0v) is 13.5. The van der Waals surface area contributed by atoms with Crippen LogP contribution in [0, 0.1) is 6.92 Å². The molecule has 1 aromatic carbocycles. The van der Waals surface area contributed by atoms with Crippen LogP contribution in [0.1, 0.15) is 69.8 Å². The number of aryl methyl sites for hydroxylation is 1. The third kappa shape index (κ3) is 4.15. The second-order valence-corrected chi connectivity index (χ2v) is 7.01. The molecule has 2 fully saturated rings. The van der Waals surface area contributed by atoms with Crippen LogP contribution in [0.3, 0.4) is 0 Å². The standard InChI is InChI=1S/C19H30N2/c1-15-12-13-18(20-16-8-4-2-5-9-16)19(14-15)21-17-10-6-3-7-11-17/h12-14,16-17,20-21H,2-11H2,1H3. The van der Waals surface area contributed by atoms with E-state index in [1.807, 2.05) is 0 Å². The van der Waals surface area contributed by atoms with Gasteiger partial charge in [-0.3, -0.25) is 0 Å². The summed E-state index contributed by atoms with van der Waals surface area (Å²) in [6, 6.07) is 8.17. The zero-order chi connectivity index (χ0) is 14.5. The van der Waals surface area contributed by atoms with Crippen molar-refractivity contribution in [3.05, 3.63) is 23.8 Å². The Bertz CT molecular complexity index is 443. The van der Waals surface area contributed by atoms with E-state index in [9.17, 15) is 0 Å². The number of nitrogens with one attached hydrogen (secondary N) is 2. The first-order chi connectivity index (χ1) is 10.3. The first-order valence-electron chi connectivity index (χ1n) is 8.95. The van der Waals surface area contributed by atoms with Crippen molar-refractivity contribution in [1.29, 1.82) is 0 Å². The Labute approximate surface area is 129 Å². The number of anilines is 2. The molecule has 2 heteroatoms. The molecule has 0 radical (unpaired) electrons. The Morgan fingerprint density at radius 1 is 0.714 bits per heavy atom. The van der Waals surface area contributed by atoms with Crippen LogP contribution in [0.15, 0.2) is 18.2 Å².